The average molecular weight is 347 g/mol. The minimum atomic E-state index is -2.39. The molecule has 0 aliphatic rings. The zero-order valence-corrected chi connectivity index (χ0v) is 15.0. The Balaban J connectivity index is 2.40. The maximum absolute atomic E-state index is 12.6. The van der Waals surface area contributed by atoms with Gasteiger partial charge in [-0.1, -0.05) is 54.6 Å². The van der Waals surface area contributed by atoms with E-state index < -0.39 is 7.26 Å². The third kappa shape index (κ3) is 3.01. The Morgan fingerprint density at radius 1 is 0.720 bits per heavy atom. The molecule has 0 unspecified atom stereocenters. The van der Waals surface area contributed by atoms with Crippen LogP contribution in [0, 0.1) is 0 Å². The van der Waals surface area contributed by atoms with Gasteiger partial charge in [-0.05, 0) is 43.0 Å². The molecule has 0 amide bonds. The molecule has 3 rings (SSSR count). The van der Waals surface area contributed by atoms with E-state index in [-0.39, 0.29) is 5.97 Å². The molecule has 0 bridgehead atoms. The first-order chi connectivity index (χ1) is 12.2. The molecule has 0 aromatic heterocycles. The molecular weight excluding hydrogens is 327 g/mol. The van der Waals surface area contributed by atoms with E-state index in [1.807, 2.05) is 54.6 Å². The fraction of sp³-hybridized carbons (Fsp3) is 0.0455. The van der Waals surface area contributed by atoms with Gasteiger partial charge in [0.1, 0.15) is 15.9 Å². The van der Waals surface area contributed by atoms with E-state index in [1.54, 1.807) is 0 Å². The molecule has 3 aromatic rings. The molecule has 0 aliphatic heterocycles. The van der Waals surface area contributed by atoms with Gasteiger partial charge in [0.2, 0.25) is 0 Å². The minimum Gasteiger partial charge on any atom is -0.463 e. The first-order valence-corrected chi connectivity index (χ1v) is 9.84. The Hall–Kier alpha value is -2.70. The number of ether oxygens (including phenoxy) is 1. The molecule has 124 valence electrons. The number of hydrogen-bond acceptors (Lipinski definition) is 2. The van der Waals surface area contributed by atoms with Gasteiger partial charge in [-0.25, -0.2) is 4.79 Å². The van der Waals surface area contributed by atoms with Crippen molar-refractivity contribution in [2.24, 2.45) is 0 Å². The predicted molar refractivity (Wildman–Crippen MR) is 106 cm³/mol. The second-order valence-corrected chi connectivity index (χ2v) is 9.05. The predicted octanol–water partition coefficient (Wildman–Crippen LogP) is 3.67. The Bertz CT molecular complexity index is 762. The number of carbonyl (C=O) groups is 1. The van der Waals surface area contributed by atoms with Crippen LogP contribution < -0.4 is 15.9 Å². The van der Waals surface area contributed by atoms with Crippen molar-refractivity contribution < 1.29 is 9.53 Å². The first kappa shape index (κ1) is 17.1. The summed E-state index contributed by atoms with van der Waals surface area (Å²) < 4.78 is 5.07. The van der Waals surface area contributed by atoms with Gasteiger partial charge in [0, 0.05) is 0 Å². The van der Waals surface area contributed by atoms with Crippen LogP contribution in [-0.4, -0.2) is 13.1 Å². The molecule has 25 heavy (non-hydrogen) atoms. The summed E-state index contributed by atoms with van der Waals surface area (Å²) in [6, 6.07) is 30.4. The largest absolute Gasteiger partial charge is 0.463 e. The number of benzene rings is 3. The lowest BCUT2D eigenvalue weighted by molar-refractivity contribution is -0.135. The lowest BCUT2D eigenvalue weighted by Crippen LogP contribution is -2.34. The van der Waals surface area contributed by atoms with E-state index >= 15 is 0 Å². The minimum absolute atomic E-state index is 0.370. The van der Waals surface area contributed by atoms with Gasteiger partial charge >= 0.3 is 5.97 Å². The number of methoxy groups -OCH3 is 1. The normalized spacial score (nSPS) is 10.9. The van der Waals surface area contributed by atoms with Crippen LogP contribution in [0.3, 0.4) is 0 Å². The molecule has 0 aliphatic carbocycles. The van der Waals surface area contributed by atoms with Crippen LogP contribution in [0.25, 0.3) is 0 Å². The van der Waals surface area contributed by atoms with Crippen molar-refractivity contribution in [2.75, 3.05) is 7.11 Å². The van der Waals surface area contributed by atoms with Gasteiger partial charge in [0.15, 0.2) is 12.6 Å². The summed E-state index contributed by atoms with van der Waals surface area (Å²) in [6.07, 6.45) is 0. The summed E-state index contributed by atoms with van der Waals surface area (Å²) in [6.45, 7) is 4.20. The lowest BCUT2D eigenvalue weighted by Gasteiger charge is -2.27. The molecule has 2 nitrogen and oxygen atoms in total. The molecule has 0 N–H and O–H groups in total. The average Bonchev–Trinajstić information content (AvgIpc) is 2.70. The van der Waals surface area contributed by atoms with Crippen molar-refractivity contribution in [3.05, 3.63) is 103 Å². The molecule has 0 radical (unpaired) electrons. The number of hydrogen-bond donors (Lipinski definition) is 0. The van der Waals surface area contributed by atoms with Crippen LogP contribution >= 0.6 is 7.26 Å². The van der Waals surface area contributed by atoms with Crippen LogP contribution in [0.4, 0.5) is 0 Å². The van der Waals surface area contributed by atoms with Gasteiger partial charge in [0.25, 0.3) is 0 Å². The van der Waals surface area contributed by atoms with E-state index in [0.29, 0.717) is 5.31 Å². The van der Waals surface area contributed by atoms with Crippen LogP contribution in [-0.2, 0) is 9.53 Å². The quantitative estimate of drug-likeness (QED) is 0.400. The van der Waals surface area contributed by atoms with E-state index in [9.17, 15) is 4.79 Å². The highest BCUT2D eigenvalue weighted by Crippen LogP contribution is 2.61. The van der Waals surface area contributed by atoms with Crippen molar-refractivity contribution in [2.45, 2.75) is 0 Å². The fourth-order valence-corrected chi connectivity index (χ4v) is 7.18. The number of rotatable bonds is 5. The molecular formula is C22H20O2P+. The molecule has 3 heteroatoms. The highest BCUT2D eigenvalue weighted by atomic mass is 31.2. The summed E-state index contributed by atoms with van der Waals surface area (Å²) in [5, 5.41) is 3.76. The zero-order valence-electron chi connectivity index (χ0n) is 14.1. The van der Waals surface area contributed by atoms with Crippen molar-refractivity contribution in [3.8, 4) is 0 Å². The highest BCUT2D eigenvalue weighted by Gasteiger charge is 2.51. The van der Waals surface area contributed by atoms with Crippen LogP contribution in [0.5, 0.6) is 0 Å². The van der Waals surface area contributed by atoms with Crippen LogP contribution in [0.1, 0.15) is 0 Å². The smallest absolute Gasteiger partial charge is 0.374 e. The fourth-order valence-electron chi connectivity index (χ4n) is 3.12. The van der Waals surface area contributed by atoms with Gasteiger partial charge < -0.3 is 4.74 Å². The van der Waals surface area contributed by atoms with E-state index in [1.165, 1.54) is 7.11 Å². The molecule has 0 atom stereocenters. The molecule has 3 aromatic carbocycles. The third-order valence-corrected chi connectivity index (χ3v) is 8.47. The number of esters is 1. The van der Waals surface area contributed by atoms with E-state index in [2.05, 4.69) is 43.0 Å². The highest BCUT2D eigenvalue weighted by molar-refractivity contribution is 7.99. The lowest BCUT2D eigenvalue weighted by atomic mass is 10.4. The summed E-state index contributed by atoms with van der Waals surface area (Å²) in [7, 11) is -0.980. The molecule has 0 saturated heterocycles. The Labute approximate surface area is 149 Å². The van der Waals surface area contributed by atoms with Crippen molar-refractivity contribution in [1.82, 2.24) is 0 Å². The number of carbonyl (C=O) groups excluding carboxylic acids is 1. The monoisotopic (exact) mass is 347 g/mol. The van der Waals surface area contributed by atoms with Crippen molar-refractivity contribution >= 4 is 29.1 Å². The van der Waals surface area contributed by atoms with Crippen LogP contribution in [0.2, 0.25) is 0 Å². The zero-order chi connectivity index (χ0) is 17.7. The maximum atomic E-state index is 12.6. The Morgan fingerprint density at radius 3 is 1.32 bits per heavy atom. The SMILES string of the molecule is C=C(C(=O)OC)[P+](c1ccccc1)(c1ccccc1)c1ccccc1. The van der Waals surface area contributed by atoms with E-state index in [4.69, 9.17) is 4.74 Å². The molecule has 0 saturated carbocycles. The third-order valence-electron chi connectivity index (χ3n) is 4.26. The topological polar surface area (TPSA) is 26.3 Å². The van der Waals surface area contributed by atoms with Gasteiger partial charge in [-0.3, -0.25) is 0 Å². The second-order valence-electron chi connectivity index (χ2n) is 5.62. The molecule has 0 heterocycles. The van der Waals surface area contributed by atoms with E-state index in [0.717, 1.165) is 15.9 Å². The summed E-state index contributed by atoms with van der Waals surface area (Å²) in [5.41, 5.74) is 0. The van der Waals surface area contributed by atoms with Gasteiger partial charge in [-0.2, -0.15) is 0 Å². The van der Waals surface area contributed by atoms with Crippen molar-refractivity contribution in [1.29, 1.82) is 0 Å². The first-order valence-electron chi connectivity index (χ1n) is 8.05. The van der Waals surface area contributed by atoms with Crippen molar-refractivity contribution in [3.63, 3.8) is 0 Å². The van der Waals surface area contributed by atoms with Gasteiger partial charge in [0.05, 0.1) is 7.11 Å². The van der Waals surface area contributed by atoms with Gasteiger partial charge in [-0.15, -0.1) is 0 Å². The Kier molecular flexibility index (Phi) is 5.11. The summed E-state index contributed by atoms with van der Waals surface area (Å²) in [5.74, 6) is -0.370. The standard InChI is InChI=1S/C22H20O2P/c1-18(22(23)24-2)25(19-12-6-3-7-13-19,20-14-8-4-9-15-20)21-16-10-5-11-17-21/h3-17H,1H2,2H3/q+1. The Morgan fingerprint density at radius 2 is 1.04 bits per heavy atom. The second kappa shape index (κ2) is 7.46. The summed E-state index contributed by atoms with van der Waals surface area (Å²) in [4.78, 5) is 12.6. The summed E-state index contributed by atoms with van der Waals surface area (Å²) >= 11 is 0. The molecule has 0 spiro atoms. The molecule has 0 fully saturated rings. The van der Waals surface area contributed by atoms with Crippen LogP contribution in [0.15, 0.2) is 103 Å². The maximum Gasteiger partial charge on any atom is 0.374 e.